The number of nitrogens with one attached hydrogen (secondary N) is 2. The second-order valence-corrected chi connectivity index (χ2v) is 12.6. The monoisotopic (exact) mass is 652 g/mol. The standard InChI is InChI=1S/C37H44N6O5/c1-37(2,38)36(46)40-30(24-48-23-26-12-6-4-7-13-26)34(44)41-32-22-43(25-39-32)33(28-14-8-5-9-15-28)35(45)42-20-18-27(19-21-42)29-16-10-11-17-31(29)47-3/h4-17,22,25,27,30,33H,18-21,23-24,38H2,1-3H3,(H,40,46)(H,41,44)/t30-,33?/m1/s1. The zero-order chi connectivity index (χ0) is 34.1. The molecular formula is C37H44N6O5. The molecule has 0 bridgehead atoms. The molecule has 4 aromatic rings. The third-order valence-corrected chi connectivity index (χ3v) is 8.49. The Labute approximate surface area is 281 Å². The number of nitrogens with two attached hydrogens (primary N) is 1. The molecule has 3 aromatic carbocycles. The molecule has 0 saturated carbocycles. The lowest BCUT2D eigenvalue weighted by Crippen LogP contribution is -2.56. The van der Waals surface area contributed by atoms with Gasteiger partial charge in [0.2, 0.25) is 11.8 Å². The molecule has 11 nitrogen and oxygen atoms in total. The Morgan fingerprint density at radius 2 is 1.60 bits per heavy atom. The maximum Gasteiger partial charge on any atom is 0.250 e. The van der Waals surface area contributed by atoms with Crippen LogP contribution in [0.3, 0.4) is 0 Å². The molecule has 2 atom stereocenters. The van der Waals surface area contributed by atoms with Crippen LogP contribution in [0.2, 0.25) is 0 Å². The van der Waals surface area contributed by atoms with E-state index in [9.17, 15) is 14.4 Å². The van der Waals surface area contributed by atoms with Crippen molar-refractivity contribution in [1.29, 1.82) is 0 Å². The maximum absolute atomic E-state index is 14.1. The minimum Gasteiger partial charge on any atom is -0.496 e. The molecule has 5 rings (SSSR count). The van der Waals surface area contributed by atoms with Gasteiger partial charge in [0, 0.05) is 19.3 Å². The molecule has 1 unspecified atom stereocenters. The van der Waals surface area contributed by atoms with Gasteiger partial charge in [-0.05, 0) is 55.4 Å². The van der Waals surface area contributed by atoms with Crippen LogP contribution >= 0.6 is 0 Å². The van der Waals surface area contributed by atoms with E-state index in [0.29, 0.717) is 19.0 Å². The molecule has 2 heterocycles. The first-order valence-electron chi connectivity index (χ1n) is 16.2. The molecule has 1 aromatic heterocycles. The van der Waals surface area contributed by atoms with Crippen molar-refractivity contribution in [2.24, 2.45) is 5.73 Å². The van der Waals surface area contributed by atoms with E-state index < -0.39 is 29.4 Å². The first-order chi connectivity index (χ1) is 23.1. The summed E-state index contributed by atoms with van der Waals surface area (Å²) in [7, 11) is 1.68. The second kappa shape index (κ2) is 15.7. The highest BCUT2D eigenvalue weighted by Gasteiger charge is 2.33. The number of carbonyl (C=O) groups is 3. The summed E-state index contributed by atoms with van der Waals surface area (Å²) in [5.74, 6) is 0.323. The Balaban J connectivity index is 1.29. The molecule has 0 radical (unpaired) electrons. The summed E-state index contributed by atoms with van der Waals surface area (Å²) in [4.78, 5) is 46.6. The van der Waals surface area contributed by atoms with Gasteiger partial charge >= 0.3 is 0 Å². The molecular weight excluding hydrogens is 608 g/mol. The summed E-state index contributed by atoms with van der Waals surface area (Å²) in [6.07, 6.45) is 4.80. The van der Waals surface area contributed by atoms with E-state index in [1.54, 1.807) is 31.7 Å². The van der Waals surface area contributed by atoms with Crippen molar-refractivity contribution in [3.63, 3.8) is 0 Å². The fourth-order valence-electron chi connectivity index (χ4n) is 5.82. The number of methoxy groups -OCH3 is 1. The summed E-state index contributed by atoms with van der Waals surface area (Å²) in [6, 6.07) is 25.4. The number of anilines is 1. The van der Waals surface area contributed by atoms with Crippen LogP contribution in [-0.2, 0) is 25.7 Å². The second-order valence-electron chi connectivity index (χ2n) is 12.6. The molecule has 1 aliphatic heterocycles. The normalized spacial score (nSPS) is 15.0. The van der Waals surface area contributed by atoms with Crippen molar-refractivity contribution in [1.82, 2.24) is 19.8 Å². The predicted octanol–water partition coefficient (Wildman–Crippen LogP) is 4.26. The average Bonchev–Trinajstić information content (AvgIpc) is 3.55. The highest BCUT2D eigenvalue weighted by Crippen LogP contribution is 2.35. The number of aromatic nitrogens is 2. The minimum absolute atomic E-state index is 0.0559. The molecule has 3 amide bonds. The highest BCUT2D eigenvalue weighted by molar-refractivity contribution is 5.98. The van der Waals surface area contributed by atoms with Gasteiger partial charge < -0.3 is 35.3 Å². The number of likely N-dealkylation sites (tertiary alicyclic amines) is 1. The van der Waals surface area contributed by atoms with Crippen LogP contribution in [0, 0.1) is 0 Å². The van der Waals surface area contributed by atoms with E-state index in [1.165, 1.54) is 6.33 Å². The summed E-state index contributed by atoms with van der Waals surface area (Å²) >= 11 is 0. The first kappa shape index (κ1) is 34.3. The van der Waals surface area contributed by atoms with E-state index in [2.05, 4.69) is 21.7 Å². The number of carbonyl (C=O) groups excluding carboxylic acids is 3. The van der Waals surface area contributed by atoms with Crippen LogP contribution in [0.1, 0.15) is 55.3 Å². The van der Waals surface area contributed by atoms with Crippen molar-refractivity contribution in [3.8, 4) is 5.75 Å². The minimum atomic E-state index is -1.20. The van der Waals surface area contributed by atoms with E-state index in [0.717, 1.165) is 35.3 Å². The van der Waals surface area contributed by atoms with Gasteiger partial charge in [-0.15, -0.1) is 0 Å². The van der Waals surface area contributed by atoms with Crippen LogP contribution in [-0.4, -0.2) is 70.6 Å². The SMILES string of the molecule is COc1ccccc1C1CCN(C(=O)C(c2ccccc2)n2cnc(NC(=O)[C@@H](COCc3ccccc3)NC(=O)C(C)(C)N)c2)CC1. The maximum atomic E-state index is 14.1. The zero-order valence-corrected chi connectivity index (χ0v) is 27.7. The van der Waals surface area contributed by atoms with Gasteiger partial charge in [0.25, 0.3) is 5.91 Å². The lowest BCUT2D eigenvalue weighted by Gasteiger charge is -2.35. The Hall–Kier alpha value is -5.00. The number of benzene rings is 3. The molecule has 0 spiro atoms. The molecule has 1 aliphatic rings. The smallest absolute Gasteiger partial charge is 0.250 e. The number of hydrogen-bond donors (Lipinski definition) is 3. The van der Waals surface area contributed by atoms with Crippen LogP contribution in [0.4, 0.5) is 5.82 Å². The van der Waals surface area contributed by atoms with Crippen molar-refractivity contribution in [2.45, 2.75) is 56.8 Å². The molecule has 252 valence electrons. The topological polar surface area (TPSA) is 141 Å². The van der Waals surface area contributed by atoms with Gasteiger partial charge in [-0.1, -0.05) is 78.9 Å². The van der Waals surface area contributed by atoms with E-state index in [4.69, 9.17) is 15.2 Å². The first-order valence-corrected chi connectivity index (χ1v) is 16.2. The van der Waals surface area contributed by atoms with Gasteiger partial charge in [-0.25, -0.2) is 4.98 Å². The number of amides is 3. The Morgan fingerprint density at radius 1 is 0.958 bits per heavy atom. The van der Waals surface area contributed by atoms with Crippen LogP contribution in [0.5, 0.6) is 5.75 Å². The third kappa shape index (κ3) is 8.67. The van der Waals surface area contributed by atoms with Gasteiger partial charge in [0.1, 0.15) is 17.8 Å². The molecule has 1 saturated heterocycles. The quantitative estimate of drug-likeness (QED) is 0.196. The number of para-hydroxylation sites is 1. The van der Waals surface area contributed by atoms with Crippen molar-refractivity contribution in [3.05, 3.63) is 114 Å². The molecule has 1 fully saturated rings. The number of rotatable bonds is 13. The predicted molar refractivity (Wildman–Crippen MR) is 183 cm³/mol. The third-order valence-electron chi connectivity index (χ3n) is 8.49. The molecule has 4 N–H and O–H groups in total. The summed E-state index contributed by atoms with van der Waals surface area (Å²) in [5, 5.41) is 5.48. The summed E-state index contributed by atoms with van der Waals surface area (Å²) in [6.45, 7) is 4.50. The lowest BCUT2D eigenvalue weighted by molar-refractivity contribution is -0.134. The van der Waals surface area contributed by atoms with Crippen molar-refractivity contribution in [2.75, 3.05) is 32.1 Å². The Bertz CT molecular complexity index is 1660. The van der Waals surface area contributed by atoms with Crippen molar-refractivity contribution < 1.29 is 23.9 Å². The summed E-state index contributed by atoms with van der Waals surface area (Å²) < 4.78 is 13.1. The Kier molecular flexibility index (Phi) is 11.3. The number of hydrogen-bond acceptors (Lipinski definition) is 7. The fraction of sp³-hybridized carbons (Fsp3) is 0.351. The largest absolute Gasteiger partial charge is 0.496 e. The highest BCUT2D eigenvalue weighted by atomic mass is 16.5. The zero-order valence-electron chi connectivity index (χ0n) is 27.7. The lowest BCUT2D eigenvalue weighted by atomic mass is 9.88. The van der Waals surface area contributed by atoms with Crippen LogP contribution in [0.15, 0.2) is 97.5 Å². The van der Waals surface area contributed by atoms with Crippen molar-refractivity contribution >= 4 is 23.5 Å². The molecule has 48 heavy (non-hydrogen) atoms. The average molecular weight is 653 g/mol. The molecule has 11 heteroatoms. The van der Waals surface area contributed by atoms with Gasteiger partial charge in [-0.2, -0.15) is 0 Å². The number of imidazole rings is 1. The van der Waals surface area contributed by atoms with Crippen LogP contribution < -0.4 is 21.1 Å². The van der Waals surface area contributed by atoms with Gasteiger partial charge in [-0.3, -0.25) is 14.4 Å². The number of ether oxygens (including phenoxy) is 2. The number of piperidine rings is 1. The fourth-order valence-corrected chi connectivity index (χ4v) is 5.82. The number of nitrogens with zero attached hydrogens (tertiary/aromatic N) is 3. The van der Waals surface area contributed by atoms with E-state index >= 15 is 0 Å². The van der Waals surface area contributed by atoms with Crippen LogP contribution in [0.25, 0.3) is 0 Å². The van der Waals surface area contributed by atoms with Gasteiger partial charge in [0.05, 0.1) is 32.2 Å². The van der Waals surface area contributed by atoms with E-state index in [1.807, 2.05) is 83.8 Å². The van der Waals surface area contributed by atoms with Gasteiger partial charge in [0.15, 0.2) is 5.82 Å². The summed E-state index contributed by atoms with van der Waals surface area (Å²) in [5.41, 5.74) is 7.68. The Morgan fingerprint density at radius 3 is 2.27 bits per heavy atom. The molecule has 0 aliphatic carbocycles. The van der Waals surface area contributed by atoms with E-state index in [-0.39, 0.29) is 24.9 Å².